The molecule has 0 saturated heterocycles. The van der Waals surface area contributed by atoms with Gasteiger partial charge in [-0.05, 0) is 43.5 Å². The molecule has 3 aromatic rings. The summed E-state index contributed by atoms with van der Waals surface area (Å²) < 4.78 is 10.6. The van der Waals surface area contributed by atoms with Crippen molar-refractivity contribution in [3.63, 3.8) is 0 Å². The van der Waals surface area contributed by atoms with Gasteiger partial charge in [0, 0.05) is 37.5 Å². The molecule has 31 heavy (non-hydrogen) atoms. The van der Waals surface area contributed by atoms with Gasteiger partial charge in [0.1, 0.15) is 12.4 Å². The maximum absolute atomic E-state index is 12.7. The van der Waals surface area contributed by atoms with E-state index >= 15 is 0 Å². The molecule has 2 aromatic carbocycles. The Morgan fingerprint density at radius 3 is 2.65 bits per heavy atom. The van der Waals surface area contributed by atoms with Crippen molar-refractivity contribution in [2.45, 2.75) is 25.7 Å². The largest absolute Gasteiger partial charge is 0.491 e. The van der Waals surface area contributed by atoms with E-state index < -0.39 is 0 Å². The highest BCUT2D eigenvalue weighted by molar-refractivity contribution is 5.94. The number of rotatable bonds is 12. The fraction of sp³-hybridized carbons (Fsp3) is 0.360. The maximum atomic E-state index is 12.7. The van der Waals surface area contributed by atoms with Gasteiger partial charge < -0.3 is 14.4 Å². The number of carbonyl (C=O) groups is 1. The standard InChI is InChI=1S/C25H31N3O3/c1-28(25(29)21-12-9-14-23(18-21)31-17-16-30-2)15-8-4-7-13-22-19-24(27-26-22)20-10-5-3-6-11-20/h3,5-6,9-12,14,18-19H,4,7-8,13,15-17H2,1-2H3,(H,26,27). The number of ether oxygens (including phenoxy) is 2. The monoisotopic (exact) mass is 421 g/mol. The van der Waals surface area contributed by atoms with Gasteiger partial charge in [-0.2, -0.15) is 5.10 Å². The molecule has 0 saturated carbocycles. The number of nitrogens with one attached hydrogen (secondary N) is 1. The van der Waals surface area contributed by atoms with Crippen molar-refractivity contribution in [1.82, 2.24) is 15.1 Å². The molecular formula is C25H31N3O3. The predicted octanol–water partition coefficient (Wildman–Crippen LogP) is 4.59. The summed E-state index contributed by atoms with van der Waals surface area (Å²) in [6.07, 6.45) is 4.03. The lowest BCUT2D eigenvalue weighted by atomic mass is 10.1. The van der Waals surface area contributed by atoms with Gasteiger partial charge in [-0.3, -0.25) is 9.89 Å². The van der Waals surface area contributed by atoms with Crippen LogP contribution in [0, 0.1) is 0 Å². The predicted molar refractivity (Wildman–Crippen MR) is 122 cm³/mol. The first-order valence-electron chi connectivity index (χ1n) is 10.7. The molecule has 6 heteroatoms. The zero-order valence-corrected chi connectivity index (χ0v) is 18.3. The van der Waals surface area contributed by atoms with E-state index in [1.165, 1.54) is 0 Å². The number of aryl methyl sites for hydroxylation is 1. The van der Waals surface area contributed by atoms with Gasteiger partial charge >= 0.3 is 0 Å². The van der Waals surface area contributed by atoms with Gasteiger partial charge in [-0.25, -0.2) is 0 Å². The molecule has 3 rings (SSSR count). The van der Waals surface area contributed by atoms with E-state index in [1.54, 1.807) is 18.1 Å². The minimum absolute atomic E-state index is 0.0123. The van der Waals surface area contributed by atoms with Crippen molar-refractivity contribution >= 4 is 5.91 Å². The number of aromatic nitrogens is 2. The van der Waals surface area contributed by atoms with Crippen LogP contribution in [-0.2, 0) is 11.2 Å². The first kappa shape index (κ1) is 22.6. The van der Waals surface area contributed by atoms with Gasteiger partial charge in [0.15, 0.2) is 0 Å². The number of carbonyl (C=O) groups excluding carboxylic acids is 1. The van der Waals surface area contributed by atoms with E-state index in [0.29, 0.717) is 24.5 Å². The molecule has 0 fully saturated rings. The van der Waals surface area contributed by atoms with E-state index in [-0.39, 0.29) is 5.91 Å². The smallest absolute Gasteiger partial charge is 0.253 e. The van der Waals surface area contributed by atoms with Gasteiger partial charge in [0.2, 0.25) is 0 Å². The van der Waals surface area contributed by atoms with Crippen LogP contribution in [0.5, 0.6) is 5.75 Å². The number of aromatic amines is 1. The Morgan fingerprint density at radius 1 is 1.00 bits per heavy atom. The van der Waals surface area contributed by atoms with Crippen LogP contribution in [-0.4, -0.2) is 54.9 Å². The molecule has 0 radical (unpaired) electrons. The van der Waals surface area contributed by atoms with Crippen molar-refractivity contribution in [2.24, 2.45) is 0 Å². The Balaban J connectivity index is 1.38. The summed E-state index contributed by atoms with van der Waals surface area (Å²) in [6, 6.07) is 19.6. The summed E-state index contributed by atoms with van der Waals surface area (Å²) in [5.74, 6) is 0.698. The Kier molecular flexibility index (Phi) is 8.67. The first-order valence-corrected chi connectivity index (χ1v) is 10.7. The summed E-state index contributed by atoms with van der Waals surface area (Å²) in [6.45, 7) is 1.71. The van der Waals surface area contributed by atoms with Gasteiger partial charge in [0.05, 0.1) is 12.3 Å². The summed E-state index contributed by atoms with van der Waals surface area (Å²) in [5, 5.41) is 7.54. The van der Waals surface area contributed by atoms with Crippen LogP contribution in [0.3, 0.4) is 0 Å². The molecule has 1 N–H and O–H groups in total. The summed E-state index contributed by atoms with van der Waals surface area (Å²) in [5.41, 5.74) is 3.89. The molecule has 6 nitrogen and oxygen atoms in total. The molecule has 1 amide bonds. The number of amides is 1. The molecule has 0 aliphatic heterocycles. The molecule has 1 aromatic heterocycles. The molecule has 164 valence electrons. The van der Waals surface area contributed by atoms with Crippen molar-refractivity contribution in [3.05, 3.63) is 71.9 Å². The summed E-state index contributed by atoms with van der Waals surface area (Å²) >= 11 is 0. The number of methoxy groups -OCH3 is 1. The normalized spacial score (nSPS) is 10.8. The van der Waals surface area contributed by atoms with Gasteiger partial charge in [-0.15, -0.1) is 0 Å². The maximum Gasteiger partial charge on any atom is 0.253 e. The van der Waals surface area contributed by atoms with Crippen LogP contribution >= 0.6 is 0 Å². The lowest BCUT2D eigenvalue weighted by Crippen LogP contribution is -2.27. The van der Waals surface area contributed by atoms with E-state index in [1.807, 2.05) is 43.4 Å². The topological polar surface area (TPSA) is 67.5 Å². The molecule has 0 atom stereocenters. The van der Waals surface area contributed by atoms with Crippen LogP contribution in [0.15, 0.2) is 60.7 Å². The van der Waals surface area contributed by atoms with Crippen LogP contribution in [0.25, 0.3) is 11.3 Å². The summed E-state index contributed by atoms with van der Waals surface area (Å²) in [7, 11) is 3.48. The van der Waals surface area contributed by atoms with Crippen LogP contribution in [0.4, 0.5) is 0 Å². The van der Waals surface area contributed by atoms with E-state index in [2.05, 4.69) is 28.4 Å². The average molecular weight is 422 g/mol. The highest BCUT2D eigenvalue weighted by Gasteiger charge is 2.12. The average Bonchev–Trinajstić information content (AvgIpc) is 3.28. The third-order valence-electron chi connectivity index (χ3n) is 5.12. The van der Waals surface area contributed by atoms with E-state index in [9.17, 15) is 4.79 Å². The molecule has 0 bridgehead atoms. The second-order valence-electron chi connectivity index (χ2n) is 7.55. The number of hydrogen-bond acceptors (Lipinski definition) is 4. The van der Waals surface area contributed by atoms with Crippen LogP contribution < -0.4 is 4.74 Å². The summed E-state index contributed by atoms with van der Waals surface area (Å²) in [4.78, 5) is 14.5. The van der Waals surface area contributed by atoms with Crippen LogP contribution in [0.1, 0.15) is 35.3 Å². The highest BCUT2D eigenvalue weighted by atomic mass is 16.5. The Bertz CT molecular complexity index is 940. The number of unbranched alkanes of at least 4 members (excludes halogenated alkanes) is 2. The molecule has 0 aliphatic carbocycles. The number of hydrogen-bond donors (Lipinski definition) is 1. The molecule has 0 aliphatic rings. The first-order chi connectivity index (χ1) is 15.2. The van der Waals surface area contributed by atoms with Gasteiger partial charge in [0.25, 0.3) is 5.91 Å². The third kappa shape index (κ3) is 6.96. The van der Waals surface area contributed by atoms with Gasteiger partial charge in [-0.1, -0.05) is 42.8 Å². The fourth-order valence-electron chi connectivity index (χ4n) is 3.37. The molecular weight excluding hydrogens is 390 g/mol. The van der Waals surface area contributed by atoms with E-state index in [4.69, 9.17) is 9.47 Å². The van der Waals surface area contributed by atoms with Crippen molar-refractivity contribution in [3.8, 4) is 17.0 Å². The fourth-order valence-corrected chi connectivity index (χ4v) is 3.37. The van der Waals surface area contributed by atoms with E-state index in [0.717, 1.165) is 49.2 Å². The Hall–Kier alpha value is -3.12. The Morgan fingerprint density at radius 2 is 1.84 bits per heavy atom. The van der Waals surface area contributed by atoms with Crippen molar-refractivity contribution in [2.75, 3.05) is 33.9 Å². The number of H-pyrrole nitrogens is 1. The second kappa shape index (κ2) is 11.9. The minimum Gasteiger partial charge on any atom is -0.491 e. The molecule has 0 unspecified atom stereocenters. The number of nitrogens with zero attached hydrogens (tertiary/aromatic N) is 2. The molecule has 1 heterocycles. The zero-order chi connectivity index (χ0) is 21.9. The molecule has 0 spiro atoms. The van der Waals surface area contributed by atoms with Crippen molar-refractivity contribution in [1.29, 1.82) is 0 Å². The van der Waals surface area contributed by atoms with Crippen LogP contribution in [0.2, 0.25) is 0 Å². The second-order valence-corrected chi connectivity index (χ2v) is 7.55. The lowest BCUT2D eigenvalue weighted by molar-refractivity contribution is 0.0792. The third-order valence-corrected chi connectivity index (χ3v) is 5.12. The van der Waals surface area contributed by atoms with Crippen molar-refractivity contribution < 1.29 is 14.3 Å². The quantitative estimate of drug-likeness (QED) is 0.435. The lowest BCUT2D eigenvalue weighted by Gasteiger charge is -2.17. The Labute approximate surface area is 184 Å². The minimum atomic E-state index is 0.0123. The highest BCUT2D eigenvalue weighted by Crippen LogP contribution is 2.18. The number of benzene rings is 2. The SMILES string of the molecule is COCCOc1cccc(C(=O)N(C)CCCCCc2cc(-c3ccccc3)n[nH]2)c1. The zero-order valence-electron chi connectivity index (χ0n) is 18.3.